The molecule has 0 aromatic carbocycles. The SMILES string of the molecule is CCOP(=O)(OCC)C(CCCC(=O)OCOC(=O)S)P(=O)(OCC)OCC. The van der Waals surface area contributed by atoms with E-state index in [9.17, 15) is 18.7 Å². The van der Waals surface area contributed by atoms with Crippen LogP contribution in [-0.2, 0) is 41.5 Å². The highest BCUT2D eigenvalue weighted by molar-refractivity contribution is 7.96. The lowest BCUT2D eigenvalue weighted by atomic mass is 10.2. The number of carbonyl (C=O) groups excluding carboxylic acids is 2. The fourth-order valence-corrected chi connectivity index (χ4v) is 7.79. The first-order valence-electron chi connectivity index (χ1n) is 8.97. The molecule has 0 bridgehead atoms. The van der Waals surface area contributed by atoms with Gasteiger partial charge in [0, 0.05) is 6.42 Å². The first-order valence-corrected chi connectivity index (χ1v) is 12.6. The second-order valence-corrected chi connectivity index (χ2v) is 10.4. The standard InChI is InChI=1S/C15H30O10P2S/c1-5-22-26(18,23-6-2)14(27(19,24-7-3)25-8-4)11-9-10-13(16)20-12-21-15(17)28/h14H,5-12H2,1-4H3,(H,17,28). The van der Waals surface area contributed by atoms with Gasteiger partial charge in [-0.2, -0.15) is 0 Å². The van der Waals surface area contributed by atoms with Crippen LogP contribution in [-0.4, -0.2) is 49.9 Å². The first-order chi connectivity index (χ1) is 13.2. The summed E-state index contributed by atoms with van der Waals surface area (Å²) < 4.78 is 57.0. The summed E-state index contributed by atoms with van der Waals surface area (Å²) in [6, 6.07) is 0. The number of hydrogen-bond donors (Lipinski definition) is 1. The number of esters is 1. The molecule has 0 saturated heterocycles. The van der Waals surface area contributed by atoms with Gasteiger partial charge in [0.05, 0.1) is 26.4 Å². The number of carbonyl (C=O) groups is 2. The van der Waals surface area contributed by atoms with Crippen molar-refractivity contribution in [3.63, 3.8) is 0 Å². The molecule has 0 saturated carbocycles. The zero-order valence-corrected chi connectivity index (χ0v) is 19.3. The third kappa shape index (κ3) is 9.87. The molecule has 0 aromatic heterocycles. The highest BCUT2D eigenvalue weighted by atomic mass is 32.1. The summed E-state index contributed by atoms with van der Waals surface area (Å²) in [5, 5.41) is -2.07. The van der Waals surface area contributed by atoms with Crippen LogP contribution in [0.15, 0.2) is 0 Å². The van der Waals surface area contributed by atoms with Crippen LogP contribution in [0.2, 0.25) is 0 Å². The molecule has 0 fully saturated rings. The molecule has 10 nitrogen and oxygen atoms in total. The molecule has 0 aromatic rings. The van der Waals surface area contributed by atoms with Crippen molar-refractivity contribution in [1.82, 2.24) is 0 Å². The molecule has 13 heteroatoms. The summed E-state index contributed by atoms with van der Waals surface area (Å²) in [4.78, 5) is 22.2. The molecule has 0 rings (SSSR count). The van der Waals surface area contributed by atoms with Gasteiger partial charge in [0.1, 0.15) is 0 Å². The number of thiol groups is 1. The molecule has 0 aliphatic carbocycles. The molecule has 0 N–H and O–H groups in total. The van der Waals surface area contributed by atoms with E-state index in [2.05, 4.69) is 17.4 Å². The summed E-state index contributed by atoms with van der Waals surface area (Å²) in [5.74, 6) is -0.654. The Labute approximate surface area is 171 Å². The van der Waals surface area contributed by atoms with Crippen LogP contribution in [0.25, 0.3) is 0 Å². The van der Waals surface area contributed by atoms with Gasteiger partial charge in [-0.15, -0.1) is 0 Å². The van der Waals surface area contributed by atoms with Gasteiger partial charge in [-0.3, -0.25) is 13.9 Å². The molecule has 0 radical (unpaired) electrons. The van der Waals surface area contributed by atoms with Gasteiger partial charge in [0.25, 0.3) is 0 Å². The second kappa shape index (κ2) is 14.6. The summed E-state index contributed by atoms with van der Waals surface area (Å²) in [6.07, 6.45) is 0.0553. The van der Waals surface area contributed by atoms with Crippen LogP contribution in [0.5, 0.6) is 0 Å². The Hall–Kier alpha value is -0.410. The predicted octanol–water partition coefficient (Wildman–Crippen LogP) is 4.58. The van der Waals surface area contributed by atoms with Crippen molar-refractivity contribution in [1.29, 1.82) is 0 Å². The lowest BCUT2D eigenvalue weighted by Crippen LogP contribution is -2.18. The Kier molecular flexibility index (Phi) is 14.3. The van der Waals surface area contributed by atoms with E-state index >= 15 is 0 Å². The molecular formula is C15H30O10P2S. The largest absolute Gasteiger partial charge is 0.428 e. The highest BCUT2D eigenvalue weighted by Gasteiger charge is 2.50. The molecule has 0 aliphatic rings. The van der Waals surface area contributed by atoms with E-state index in [0.29, 0.717) is 0 Å². The second-order valence-electron chi connectivity index (χ2n) is 5.17. The third-order valence-corrected chi connectivity index (χ3v) is 9.49. The smallest absolute Gasteiger partial charge is 0.367 e. The van der Waals surface area contributed by atoms with Crippen LogP contribution in [0.1, 0.15) is 47.0 Å². The van der Waals surface area contributed by atoms with Crippen LogP contribution in [0, 0.1) is 0 Å². The van der Waals surface area contributed by atoms with Gasteiger partial charge in [0.15, 0.2) is 5.40 Å². The predicted molar refractivity (Wildman–Crippen MR) is 106 cm³/mol. The molecule has 0 aliphatic heterocycles. The van der Waals surface area contributed by atoms with Gasteiger partial charge < -0.3 is 27.6 Å². The molecule has 0 heterocycles. The Balaban J connectivity index is 5.28. The Morgan fingerprint density at radius 1 is 0.821 bits per heavy atom. The Morgan fingerprint density at radius 3 is 1.61 bits per heavy atom. The van der Waals surface area contributed by atoms with E-state index in [1.807, 2.05) is 0 Å². The van der Waals surface area contributed by atoms with Crippen LogP contribution < -0.4 is 0 Å². The van der Waals surface area contributed by atoms with Crippen molar-refractivity contribution < 1.29 is 46.3 Å². The average Bonchev–Trinajstić information content (AvgIpc) is 2.59. The van der Waals surface area contributed by atoms with Crippen LogP contribution in [0.4, 0.5) is 4.79 Å². The average molecular weight is 464 g/mol. The third-order valence-electron chi connectivity index (χ3n) is 3.21. The normalized spacial score (nSPS) is 12.2. The van der Waals surface area contributed by atoms with Gasteiger partial charge in [-0.05, 0) is 40.5 Å². The zero-order chi connectivity index (χ0) is 21.6. The van der Waals surface area contributed by atoms with Crippen molar-refractivity contribution >= 4 is 39.1 Å². The minimum absolute atomic E-state index is 0.00993. The minimum atomic E-state index is -3.85. The van der Waals surface area contributed by atoms with Crippen LogP contribution in [0.3, 0.4) is 0 Å². The van der Waals surface area contributed by atoms with Gasteiger partial charge in [-0.25, -0.2) is 4.79 Å². The molecular weight excluding hydrogens is 434 g/mol. The van der Waals surface area contributed by atoms with Crippen molar-refractivity contribution in [2.24, 2.45) is 0 Å². The first kappa shape index (κ1) is 27.6. The maximum atomic E-state index is 13.3. The maximum Gasteiger partial charge on any atom is 0.367 e. The zero-order valence-electron chi connectivity index (χ0n) is 16.7. The van der Waals surface area contributed by atoms with Crippen molar-refractivity contribution in [3.8, 4) is 0 Å². The molecule has 166 valence electrons. The molecule has 0 unspecified atom stereocenters. The van der Waals surface area contributed by atoms with E-state index in [0.717, 1.165) is 0 Å². The van der Waals surface area contributed by atoms with Crippen LogP contribution >= 0.6 is 27.8 Å². The highest BCUT2D eigenvalue weighted by Crippen LogP contribution is 2.71. The quantitative estimate of drug-likeness (QED) is 0.150. The minimum Gasteiger partial charge on any atom is -0.428 e. The number of ether oxygens (including phenoxy) is 2. The fourth-order valence-electron chi connectivity index (χ4n) is 2.27. The molecule has 0 atom stereocenters. The number of hydrogen-bond acceptors (Lipinski definition) is 10. The summed E-state index contributed by atoms with van der Waals surface area (Å²) in [6.45, 7) is 6.27. The fraction of sp³-hybridized carbons (Fsp3) is 0.867. The summed E-state index contributed by atoms with van der Waals surface area (Å²) in [7, 11) is -7.70. The lowest BCUT2D eigenvalue weighted by molar-refractivity contribution is -0.151. The summed E-state index contributed by atoms with van der Waals surface area (Å²) >= 11 is 3.37. The van der Waals surface area contributed by atoms with E-state index in [1.165, 1.54) is 0 Å². The monoisotopic (exact) mass is 464 g/mol. The summed E-state index contributed by atoms with van der Waals surface area (Å²) in [5.41, 5.74) is 0. The van der Waals surface area contributed by atoms with Crippen molar-refractivity contribution in [2.45, 2.75) is 52.4 Å². The lowest BCUT2D eigenvalue weighted by Gasteiger charge is -2.31. The van der Waals surface area contributed by atoms with Crippen molar-refractivity contribution in [3.05, 3.63) is 0 Å². The molecule has 0 spiro atoms. The van der Waals surface area contributed by atoms with Gasteiger partial charge in [0.2, 0.25) is 6.79 Å². The topological polar surface area (TPSA) is 124 Å². The van der Waals surface area contributed by atoms with E-state index in [4.69, 9.17) is 22.8 Å². The van der Waals surface area contributed by atoms with Gasteiger partial charge in [-0.1, -0.05) is 12.6 Å². The molecule has 0 amide bonds. The Bertz CT molecular complexity index is 521. The maximum absolute atomic E-state index is 13.3. The van der Waals surface area contributed by atoms with Gasteiger partial charge >= 0.3 is 26.5 Å². The van der Waals surface area contributed by atoms with E-state index < -0.39 is 38.7 Å². The number of rotatable bonds is 16. The molecule has 28 heavy (non-hydrogen) atoms. The van der Waals surface area contributed by atoms with E-state index in [-0.39, 0.29) is 45.7 Å². The Morgan fingerprint density at radius 2 is 1.25 bits per heavy atom. The van der Waals surface area contributed by atoms with E-state index in [1.54, 1.807) is 27.7 Å². The van der Waals surface area contributed by atoms with Crippen molar-refractivity contribution in [2.75, 3.05) is 33.2 Å².